The molecular weight excluding hydrogens is 474 g/mol. The summed E-state index contributed by atoms with van der Waals surface area (Å²) >= 11 is 0. The van der Waals surface area contributed by atoms with E-state index in [1.54, 1.807) is 0 Å². The van der Waals surface area contributed by atoms with Crippen LogP contribution in [-0.2, 0) is 4.74 Å². The van der Waals surface area contributed by atoms with Crippen LogP contribution in [0.3, 0.4) is 0 Å². The van der Waals surface area contributed by atoms with Gasteiger partial charge in [-0.2, -0.15) is 0 Å². The molecule has 38 heavy (non-hydrogen) atoms. The van der Waals surface area contributed by atoms with Crippen LogP contribution in [0, 0.1) is 13.8 Å². The maximum atomic E-state index is 5.99. The number of hydrogen-bond acceptors (Lipinski definition) is 6. The van der Waals surface area contributed by atoms with E-state index in [1.807, 2.05) is 49.5 Å². The third kappa shape index (κ3) is 5.16. The van der Waals surface area contributed by atoms with Gasteiger partial charge in [0.25, 0.3) is 0 Å². The molecule has 7 nitrogen and oxygen atoms in total. The number of nitrogens with zero attached hydrogens (tertiary/aromatic N) is 5. The minimum Gasteiger partial charge on any atom is -0.492 e. The molecular formula is C31H31N5O2. The monoisotopic (exact) mass is 505 g/mol. The Morgan fingerprint density at radius 1 is 0.868 bits per heavy atom. The van der Waals surface area contributed by atoms with Crippen molar-refractivity contribution in [2.45, 2.75) is 13.8 Å². The van der Waals surface area contributed by atoms with E-state index in [2.05, 4.69) is 57.7 Å². The predicted octanol–water partition coefficient (Wildman–Crippen LogP) is 5.45. The maximum absolute atomic E-state index is 5.99. The van der Waals surface area contributed by atoms with Crippen LogP contribution >= 0.6 is 0 Å². The molecule has 1 saturated heterocycles. The summed E-state index contributed by atoms with van der Waals surface area (Å²) in [5.74, 6) is 0.864. The highest BCUT2D eigenvalue weighted by Crippen LogP contribution is 2.34. The number of benzene rings is 1. The lowest BCUT2D eigenvalue weighted by molar-refractivity contribution is 0.0322. The van der Waals surface area contributed by atoms with E-state index in [0.717, 1.165) is 83.8 Å². The standard InChI is InChI=1S/C31H31N5O2/c1-22-11-13-36-29(20-22)34-30(27-5-3-4-23(2)33-27)31(36)25-10-12-32-28(21-25)24-6-8-26(9-7-24)38-19-16-35-14-17-37-18-15-35/h3-13,20-21H,14-19H2,1-2H3. The number of pyridine rings is 3. The highest BCUT2D eigenvalue weighted by molar-refractivity contribution is 5.82. The Labute approximate surface area is 222 Å². The Morgan fingerprint density at radius 2 is 1.71 bits per heavy atom. The van der Waals surface area contributed by atoms with Gasteiger partial charge in [0.1, 0.15) is 23.7 Å². The Hall–Kier alpha value is -4.07. The molecule has 0 bridgehead atoms. The molecule has 0 radical (unpaired) electrons. The molecule has 5 heterocycles. The van der Waals surface area contributed by atoms with Crippen molar-refractivity contribution >= 4 is 5.65 Å². The fourth-order valence-corrected chi connectivity index (χ4v) is 4.85. The molecule has 4 aromatic heterocycles. The van der Waals surface area contributed by atoms with Crippen molar-refractivity contribution < 1.29 is 9.47 Å². The molecule has 1 aromatic carbocycles. The van der Waals surface area contributed by atoms with Gasteiger partial charge in [0.05, 0.1) is 30.3 Å². The topological polar surface area (TPSA) is 64.8 Å². The normalized spacial score (nSPS) is 14.2. The third-order valence-corrected chi connectivity index (χ3v) is 6.88. The molecule has 0 N–H and O–H groups in total. The maximum Gasteiger partial charge on any atom is 0.138 e. The SMILES string of the molecule is Cc1ccn2c(-c3ccnc(-c4ccc(OCCN5CCOCC5)cc4)c3)c(-c3cccc(C)n3)nc2c1. The van der Waals surface area contributed by atoms with Crippen molar-refractivity contribution in [2.24, 2.45) is 0 Å². The van der Waals surface area contributed by atoms with Crippen LogP contribution in [0.4, 0.5) is 0 Å². The van der Waals surface area contributed by atoms with E-state index >= 15 is 0 Å². The molecule has 192 valence electrons. The molecule has 6 rings (SSSR count). The number of morpholine rings is 1. The number of rotatable bonds is 7. The lowest BCUT2D eigenvalue weighted by Gasteiger charge is -2.26. The van der Waals surface area contributed by atoms with Crippen LogP contribution in [-0.4, -0.2) is 63.7 Å². The van der Waals surface area contributed by atoms with E-state index in [-0.39, 0.29) is 0 Å². The van der Waals surface area contributed by atoms with Crippen molar-refractivity contribution in [1.82, 2.24) is 24.3 Å². The van der Waals surface area contributed by atoms with E-state index in [0.29, 0.717) is 6.61 Å². The van der Waals surface area contributed by atoms with Gasteiger partial charge >= 0.3 is 0 Å². The molecule has 1 aliphatic heterocycles. The highest BCUT2D eigenvalue weighted by Gasteiger charge is 2.18. The van der Waals surface area contributed by atoms with Gasteiger partial charge in [0.15, 0.2) is 0 Å². The van der Waals surface area contributed by atoms with Gasteiger partial charge in [-0.15, -0.1) is 0 Å². The fourth-order valence-electron chi connectivity index (χ4n) is 4.85. The number of aromatic nitrogens is 4. The molecule has 1 aliphatic rings. The fraction of sp³-hybridized carbons (Fsp3) is 0.258. The molecule has 0 amide bonds. The molecule has 0 aliphatic carbocycles. The number of fused-ring (bicyclic) bond motifs is 1. The van der Waals surface area contributed by atoms with Crippen molar-refractivity contribution in [1.29, 1.82) is 0 Å². The van der Waals surface area contributed by atoms with Gasteiger partial charge < -0.3 is 9.47 Å². The number of ether oxygens (including phenoxy) is 2. The van der Waals surface area contributed by atoms with Crippen LogP contribution in [0.25, 0.3) is 39.5 Å². The summed E-state index contributed by atoms with van der Waals surface area (Å²) in [6, 6.07) is 22.6. The highest BCUT2D eigenvalue weighted by atomic mass is 16.5. The lowest BCUT2D eigenvalue weighted by atomic mass is 10.0. The average Bonchev–Trinajstić information content (AvgIpc) is 3.33. The van der Waals surface area contributed by atoms with Crippen LogP contribution in [0.2, 0.25) is 0 Å². The summed E-state index contributed by atoms with van der Waals surface area (Å²) in [4.78, 5) is 16.8. The van der Waals surface area contributed by atoms with Crippen LogP contribution in [0.1, 0.15) is 11.3 Å². The Morgan fingerprint density at radius 3 is 2.53 bits per heavy atom. The lowest BCUT2D eigenvalue weighted by Crippen LogP contribution is -2.38. The predicted molar refractivity (Wildman–Crippen MR) is 149 cm³/mol. The zero-order chi connectivity index (χ0) is 25.9. The first-order valence-corrected chi connectivity index (χ1v) is 13.1. The number of aryl methyl sites for hydroxylation is 2. The summed E-state index contributed by atoms with van der Waals surface area (Å²) in [5, 5.41) is 0. The molecule has 0 atom stereocenters. The zero-order valence-corrected chi connectivity index (χ0v) is 21.8. The molecule has 0 saturated carbocycles. The first-order valence-electron chi connectivity index (χ1n) is 13.1. The van der Waals surface area contributed by atoms with Gasteiger partial charge in [0.2, 0.25) is 0 Å². The van der Waals surface area contributed by atoms with Gasteiger partial charge in [-0.25, -0.2) is 4.98 Å². The Balaban J connectivity index is 1.28. The molecule has 0 spiro atoms. The van der Waals surface area contributed by atoms with Crippen LogP contribution in [0.15, 0.2) is 79.1 Å². The van der Waals surface area contributed by atoms with Crippen LogP contribution < -0.4 is 4.74 Å². The summed E-state index contributed by atoms with van der Waals surface area (Å²) < 4.78 is 13.5. The average molecular weight is 506 g/mol. The van der Waals surface area contributed by atoms with E-state index in [4.69, 9.17) is 19.4 Å². The van der Waals surface area contributed by atoms with Crippen molar-refractivity contribution in [3.05, 3.63) is 90.4 Å². The second-order valence-electron chi connectivity index (χ2n) is 9.66. The van der Waals surface area contributed by atoms with E-state index in [9.17, 15) is 0 Å². The Bertz CT molecular complexity index is 1550. The summed E-state index contributed by atoms with van der Waals surface area (Å²) in [5.41, 5.74) is 8.72. The van der Waals surface area contributed by atoms with Crippen LogP contribution in [0.5, 0.6) is 5.75 Å². The zero-order valence-electron chi connectivity index (χ0n) is 21.8. The quantitative estimate of drug-likeness (QED) is 0.293. The first-order chi connectivity index (χ1) is 18.6. The number of imidazole rings is 1. The largest absolute Gasteiger partial charge is 0.492 e. The molecule has 7 heteroatoms. The van der Waals surface area contributed by atoms with E-state index < -0.39 is 0 Å². The summed E-state index contributed by atoms with van der Waals surface area (Å²) in [6.07, 6.45) is 3.94. The Kier molecular flexibility index (Phi) is 6.86. The number of hydrogen-bond donors (Lipinski definition) is 0. The van der Waals surface area contributed by atoms with Gasteiger partial charge in [-0.05, 0) is 80.1 Å². The van der Waals surface area contributed by atoms with Gasteiger partial charge in [-0.1, -0.05) is 6.07 Å². The van der Waals surface area contributed by atoms with Crippen molar-refractivity contribution in [3.63, 3.8) is 0 Å². The smallest absolute Gasteiger partial charge is 0.138 e. The summed E-state index contributed by atoms with van der Waals surface area (Å²) in [6.45, 7) is 9.21. The molecule has 5 aromatic rings. The van der Waals surface area contributed by atoms with Gasteiger partial charge in [-0.3, -0.25) is 19.3 Å². The molecule has 1 fully saturated rings. The van der Waals surface area contributed by atoms with Crippen molar-refractivity contribution in [3.8, 4) is 39.7 Å². The second kappa shape index (κ2) is 10.7. The second-order valence-corrected chi connectivity index (χ2v) is 9.66. The summed E-state index contributed by atoms with van der Waals surface area (Å²) in [7, 11) is 0. The third-order valence-electron chi connectivity index (χ3n) is 6.88. The van der Waals surface area contributed by atoms with E-state index in [1.165, 1.54) is 5.56 Å². The van der Waals surface area contributed by atoms with Gasteiger partial charge in [0, 0.05) is 48.8 Å². The molecule has 0 unspecified atom stereocenters. The first kappa shape index (κ1) is 24.3. The van der Waals surface area contributed by atoms with Crippen molar-refractivity contribution in [2.75, 3.05) is 39.5 Å². The minimum atomic E-state index is 0.663. The minimum absolute atomic E-state index is 0.663.